The third kappa shape index (κ3) is 3.83. The molecule has 3 heteroatoms. The number of nitrogens with one attached hydrogen (secondary N) is 1. The lowest BCUT2D eigenvalue weighted by Crippen LogP contribution is -2.10. The topological polar surface area (TPSA) is 47.3 Å². The van der Waals surface area contributed by atoms with E-state index in [1.807, 2.05) is 32.0 Å². The summed E-state index contributed by atoms with van der Waals surface area (Å²) in [5.41, 5.74) is 7.81. The van der Waals surface area contributed by atoms with Gasteiger partial charge in [-0.3, -0.25) is 0 Å². The number of hydrogen-bond acceptors (Lipinski definition) is 3. The molecule has 0 unspecified atom stereocenters. The lowest BCUT2D eigenvalue weighted by atomic mass is 10.2. The first-order chi connectivity index (χ1) is 8.66. The minimum Gasteiger partial charge on any atom is -0.489 e. The van der Waals surface area contributed by atoms with E-state index in [1.54, 1.807) is 0 Å². The van der Waals surface area contributed by atoms with E-state index in [0.29, 0.717) is 0 Å². The van der Waals surface area contributed by atoms with E-state index < -0.39 is 0 Å². The molecule has 0 bridgehead atoms. The van der Waals surface area contributed by atoms with Crippen molar-refractivity contribution in [2.45, 2.75) is 45.6 Å². The highest BCUT2D eigenvalue weighted by Crippen LogP contribution is 2.34. The van der Waals surface area contributed by atoms with E-state index >= 15 is 0 Å². The maximum absolute atomic E-state index is 6.10. The van der Waals surface area contributed by atoms with Crippen LogP contribution in [-0.2, 0) is 0 Å². The molecule has 0 amide bonds. The Labute approximate surface area is 110 Å². The van der Waals surface area contributed by atoms with E-state index in [1.165, 1.54) is 25.7 Å². The van der Waals surface area contributed by atoms with Crippen LogP contribution in [0.15, 0.2) is 18.2 Å². The van der Waals surface area contributed by atoms with Crippen molar-refractivity contribution in [1.82, 2.24) is 0 Å². The van der Waals surface area contributed by atoms with Crippen molar-refractivity contribution in [3.8, 4) is 5.75 Å². The van der Waals surface area contributed by atoms with Crippen LogP contribution in [0, 0.1) is 5.92 Å². The van der Waals surface area contributed by atoms with Crippen LogP contribution in [0.5, 0.6) is 5.75 Å². The quantitative estimate of drug-likeness (QED) is 0.572. The number of rotatable bonds is 7. The van der Waals surface area contributed by atoms with Gasteiger partial charge >= 0.3 is 0 Å². The highest BCUT2D eigenvalue weighted by atomic mass is 16.5. The maximum atomic E-state index is 6.10. The number of hydrogen-bond donors (Lipinski definition) is 2. The first-order valence-electron chi connectivity index (χ1n) is 6.96. The van der Waals surface area contributed by atoms with Crippen molar-refractivity contribution >= 4 is 11.4 Å². The summed E-state index contributed by atoms with van der Waals surface area (Å²) in [6.45, 7) is 5.01. The van der Waals surface area contributed by atoms with E-state index in [2.05, 4.69) is 5.32 Å². The van der Waals surface area contributed by atoms with Gasteiger partial charge in [-0.05, 0) is 44.7 Å². The van der Waals surface area contributed by atoms with Gasteiger partial charge < -0.3 is 15.8 Å². The van der Waals surface area contributed by atoms with Gasteiger partial charge in [0.25, 0.3) is 0 Å². The van der Waals surface area contributed by atoms with Gasteiger partial charge in [-0.15, -0.1) is 0 Å². The number of para-hydroxylation sites is 1. The average Bonchev–Trinajstić information content (AvgIpc) is 3.12. The Morgan fingerprint density at radius 2 is 2.17 bits per heavy atom. The summed E-state index contributed by atoms with van der Waals surface area (Å²) in [5.74, 6) is 1.77. The molecule has 0 atom stereocenters. The van der Waals surface area contributed by atoms with Crippen molar-refractivity contribution < 1.29 is 4.74 Å². The molecule has 18 heavy (non-hydrogen) atoms. The molecule has 2 rings (SSSR count). The molecule has 1 fully saturated rings. The third-order valence-electron chi connectivity index (χ3n) is 3.23. The van der Waals surface area contributed by atoms with Crippen LogP contribution < -0.4 is 15.8 Å². The lowest BCUT2D eigenvalue weighted by molar-refractivity contribution is 0.244. The minimum absolute atomic E-state index is 0.150. The first-order valence-corrected chi connectivity index (χ1v) is 6.96. The first kappa shape index (κ1) is 13.1. The molecule has 0 saturated heterocycles. The van der Waals surface area contributed by atoms with Crippen LogP contribution >= 0.6 is 0 Å². The predicted octanol–water partition coefficient (Wildman–Crippen LogP) is 3.66. The monoisotopic (exact) mass is 248 g/mol. The fourth-order valence-electron chi connectivity index (χ4n) is 2.08. The van der Waals surface area contributed by atoms with Gasteiger partial charge in [-0.2, -0.15) is 0 Å². The summed E-state index contributed by atoms with van der Waals surface area (Å²) in [6, 6.07) is 5.92. The zero-order valence-electron chi connectivity index (χ0n) is 11.4. The smallest absolute Gasteiger partial charge is 0.144 e. The Hall–Kier alpha value is -1.38. The Balaban J connectivity index is 1.86. The van der Waals surface area contributed by atoms with Crippen molar-refractivity contribution in [3.63, 3.8) is 0 Å². The van der Waals surface area contributed by atoms with Gasteiger partial charge in [0, 0.05) is 6.54 Å². The molecular formula is C15H24N2O. The fraction of sp³-hybridized carbons (Fsp3) is 0.600. The van der Waals surface area contributed by atoms with Gasteiger partial charge in [-0.1, -0.05) is 18.9 Å². The molecule has 1 aromatic rings. The molecule has 1 aromatic carbocycles. The van der Waals surface area contributed by atoms with Gasteiger partial charge in [0.1, 0.15) is 5.75 Å². The summed E-state index contributed by atoms with van der Waals surface area (Å²) >= 11 is 0. The van der Waals surface area contributed by atoms with E-state index in [9.17, 15) is 0 Å². The second kappa shape index (κ2) is 5.98. The Morgan fingerprint density at radius 3 is 2.83 bits per heavy atom. The largest absolute Gasteiger partial charge is 0.489 e. The molecule has 0 heterocycles. The molecule has 3 N–H and O–H groups in total. The minimum atomic E-state index is 0.150. The Morgan fingerprint density at radius 1 is 1.39 bits per heavy atom. The molecule has 0 aliphatic heterocycles. The zero-order chi connectivity index (χ0) is 13.0. The number of ether oxygens (including phenoxy) is 1. The summed E-state index contributed by atoms with van der Waals surface area (Å²) in [6.07, 6.45) is 5.58. The van der Waals surface area contributed by atoms with Gasteiger partial charge in [0.05, 0.1) is 17.5 Å². The summed E-state index contributed by atoms with van der Waals surface area (Å²) < 4.78 is 5.68. The molecule has 0 aromatic heterocycles. The average molecular weight is 248 g/mol. The Kier molecular flexibility index (Phi) is 4.34. The lowest BCUT2D eigenvalue weighted by Gasteiger charge is -2.15. The van der Waals surface area contributed by atoms with E-state index in [-0.39, 0.29) is 6.10 Å². The highest BCUT2D eigenvalue weighted by molar-refractivity contribution is 5.72. The summed E-state index contributed by atoms with van der Waals surface area (Å²) in [5, 5.41) is 3.40. The summed E-state index contributed by atoms with van der Waals surface area (Å²) in [7, 11) is 0. The van der Waals surface area contributed by atoms with Crippen LogP contribution in [-0.4, -0.2) is 12.6 Å². The number of anilines is 2. The zero-order valence-corrected chi connectivity index (χ0v) is 11.4. The SMILES string of the molecule is CC(C)Oc1cccc(NCCCC2CC2)c1N. The molecule has 1 aliphatic rings. The molecule has 1 saturated carbocycles. The third-order valence-corrected chi connectivity index (χ3v) is 3.23. The predicted molar refractivity (Wildman–Crippen MR) is 77.1 cm³/mol. The van der Waals surface area contributed by atoms with Crippen molar-refractivity contribution in [3.05, 3.63) is 18.2 Å². The normalized spacial score (nSPS) is 14.8. The summed E-state index contributed by atoms with van der Waals surface area (Å²) in [4.78, 5) is 0. The van der Waals surface area contributed by atoms with Crippen molar-refractivity contribution in [1.29, 1.82) is 0 Å². The van der Waals surface area contributed by atoms with Crippen LogP contribution in [0.3, 0.4) is 0 Å². The molecule has 0 spiro atoms. The van der Waals surface area contributed by atoms with Gasteiger partial charge in [0.15, 0.2) is 0 Å². The molecule has 1 aliphatic carbocycles. The number of benzene rings is 1. The number of nitrogens with two attached hydrogens (primary N) is 1. The standard InChI is InChI=1S/C15H24N2O/c1-11(2)18-14-7-3-6-13(15(14)16)17-10-4-5-12-8-9-12/h3,6-7,11-12,17H,4-5,8-10,16H2,1-2H3. The highest BCUT2D eigenvalue weighted by Gasteiger charge is 2.20. The van der Waals surface area contributed by atoms with E-state index in [0.717, 1.165) is 29.6 Å². The maximum Gasteiger partial charge on any atom is 0.144 e. The van der Waals surface area contributed by atoms with Gasteiger partial charge in [-0.25, -0.2) is 0 Å². The second-order valence-electron chi connectivity index (χ2n) is 5.40. The van der Waals surface area contributed by atoms with Crippen LogP contribution in [0.25, 0.3) is 0 Å². The number of nitrogen functional groups attached to an aromatic ring is 1. The van der Waals surface area contributed by atoms with Gasteiger partial charge in [0.2, 0.25) is 0 Å². The fourth-order valence-corrected chi connectivity index (χ4v) is 2.08. The molecule has 0 radical (unpaired) electrons. The van der Waals surface area contributed by atoms with Crippen LogP contribution in [0.4, 0.5) is 11.4 Å². The molecule has 100 valence electrons. The molecule has 3 nitrogen and oxygen atoms in total. The second-order valence-corrected chi connectivity index (χ2v) is 5.40. The van der Waals surface area contributed by atoms with E-state index in [4.69, 9.17) is 10.5 Å². The van der Waals surface area contributed by atoms with Crippen LogP contribution in [0.2, 0.25) is 0 Å². The van der Waals surface area contributed by atoms with Crippen LogP contribution in [0.1, 0.15) is 39.5 Å². The van der Waals surface area contributed by atoms with Crippen molar-refractivity contribution in [2.75, 3.05) is 17.6 Å². The Bertz CT molecular complexity index is 386. The van der Waals surface area contributed by atoms with Crippen molar-refractivity contribution in [2.24, 2.45) is 5.92 Å². The molecular weight excluding hydrogens is 224 g/mol.